The average Bonchev–Trinajstić information content (AvgIpc) is 2.99. The van der Waals surface area contributed by atoms with E-state index in [1.165, 1.54) is 10.5 Å². The number of nitro benzene ring substituents is 1. The molecule has 0 radical (unpaired) electrons. The molecule has 6 nitrogen and oxygen atoms in total. The largest absolute Gasteiger partial charge is 0.282 e. The predicted octanol–water partition coefficient (Wildman–Crippen LogP) is 4.26. The molecule has 0 aliphatic rings. The Labute approximate surface area is 147 Å². The molecule has 3 aromatic carbocycles. The predicted molar refractivity (Wildman–Crippen MR) is 99.5 cm³/mol. The number of pyridine rings is 1. The fourth-order valence-electron chi connectivity index (χ4n) is 3.49. The lowest BCUT2D eigenvalue weighted by molar-refractivity contribution is -0.383. The number of para-hydroxylation sites is 2. The lowest BCUT2D eigenvalue weighted by Crippen LogP contribution is -2.13. The van der Waals surface area contributed by atoms with Gasteiger partial charge in [0.25, 0.3) is 11.2 Å². The number of halogens is 1. The fraction of sp³-hybridized carbons (Fsp3) is 0. The van der Waals surface area contributed by atoms with Crippen LogP contribution in [-0.2, 0) is 0 Å². The van der Waals surface area contributed by atoms with Gasteiger partial charge in [0.1, 0.15) is 5.39 Å². The zero-order valence-electron chi connectivity index (χ0n) is 12.6. The summed E-state index contributed by atoms with van der Waals surface area (Å²) < 4.78 is 2.05. The summed E-state index contributed by atoms with van der Waals surface area (Å²) in [6.07, 6.45) is 0. The van der Waals surface area contributed by atoms with E-state index < -0.39 is 4.92 Å². The summed E-state index contributed by atoms with van der Waals surface area (Å²) >= 11 is 3.39. The van der Waals surface area contributed by atoms with Crippen molar-refractivity contribution in [2.45, 2.75) is 0 Å². The summed E-state index contributed by atoms with van der Waals surface area (Å²) in [6.45, 7) is 0. The van der Waals surface area contributed by atoms with E-state index in [0.717, 1.165) is 5.39 Å². The summed E-state index contributed by atoms with van der Waals surface area (Å²) in [5, 5.41) is 13.8. The number of imidazole rings is 1. The maximum absolute atomic E-state index is 13.1. The first-order valence-electron chi connectivity index (χ1n) is 7.50. The first-order valence-corrected chi connectivity index (χ1v) is 8.29. The van der Waals surface area contributed by atoms with Gasteiger partial charge >= 0.3 is 0 Å². The van der Waals surface area contributed by atoms with Crippen LogP contribution in [0.25, 0.3) is 38.2 Å². The van der Waals surface area contributed by atoms with Crippen molar-refractivity contribution in [3.8, 4) is 0 Å². The van der Waals surface area contributed by atoms with Gasteiger partial charge in [-0.1, -0.05) is 24.3 Å². The average molecular weight is 394 g/mol. The van der Waals surface area contributed by atoms with Crippen molar-refractivity contribution in [1.82, 2.24) is 9.38 Å². The normalized spacial score (nSPS) is 11.9. The number of benzene rings is 3. The Hall–Kier alpha value is -3.06. The number of hydrogen-bond donors (Lipinski definition) is 0. The van der Waals surface area contributed by atoms with E-state index >= 15 is 0 Å². The molecule has 0 aliphatic carbocycles. The minimum atomic E-state index is -0.435. The number of fused-ring (bicyclic) bond motifs is 4. The maximum atomic E-state index is 13.1. The molecule has 0 amide bonds. The Bertz CT molecular complexity index is 1410. The van der Waals surface area contributed by atoms with Crippen LogP contribution in [0.5, 0.6) is 0 Å². The minimum Gasteiger partial charge on any atom is -0.268 e. The van der Waals surface area contributed by atoms with Crippen molar-refractivity contribution < 1.29 is 4.92 Å². The quantitative estimate of drug-likeness (QED) is 0.314. The number of nitro groups is 1. The Morgan fingerprint density at radius 1 is 1.04 bits per heavy atom. The highest BCUT2D eigenvalue weighted by atomic mass is 79.9. The first-order chi connectivity index (χ1) is 12.1. The van der Waals surface area contributed by atoms with E-state index in [9.17, 15) is 14.9 Å². The molecule has 5 rings (SSSR count). The zero-order valence-corrected chi connectivity index (χ0v) is 14.1. The van der Waals surface area contributed by atoms with E-state index in [2.05, 4.69) is 20.9 Å². The number of aromatic nitrogens is 2. The standard InChI is InChI=1S/C18H8BrN3O3/c19-11-8-14(22(24)25)16-15-9(11)4-3-5-10(15)18(23)21-13-7-2-1-6-12(13)20-17(16)21/h1-8H. The zero-order chi connectivity index (χ0) is 17.3. The van der Waals surface area contributed by atoms with Crippen molar-refractivity contribution in [1.29, 1.82) is 0 Å². The van der Waals surface area contributed by atoms with Gasteiger partial charge in [-0.2, -0.15) is 0 Å². The highest BCUT2D eigenvalue weighted by molar-refractivity contribution is 9.10. The van der Waals surface area contributed by atoms with Crippen molar-refractivity contribution in [2.24, 2.45) is 0 Å². The van der Waals surface area contributed by atoms with E-state index in [1.807, 2.05) is 18.2 Å². The molecular formula is C18H8BrN3O3. The molecule has 0 saturated carbocycles. The molecule has 0 spiro atoms. The second-order valence-corrected chi connectivity index (χ2v) is 6.66. The summed E-state index contributed by atoms with van der Waals surface area (Å²) in [5.74, 6) is 0. The molecule has 0 atom stereocenters. The van der Waals surface area contributed by atoms with Gasteiger partial charge in [-0.3, -0.25) is 19.3 Å². The number of hydrogen-bond acceptors (Lipinski definition) is 4. The van der Waals surface area contributed by atoms with Gasteiger partial charge in [-0.25, -0.2) is 4.98 Å². The van der Waals surface area contributed by atoms with Gasteiger partial charge in [0.05, 0.1) is 16.0 Å². The van der Waals surface area contributed by atoms with E-state index in [4.69, 9.17) is 0 Å². The summed E-state index contributed by atoms with van der Waals surface area (Å²) in [4.78, 5) is 28.9. The Balaban J connectivity index is 2.26. The van der Waals surface area contributed by atoms with Crippen LogP contribution in [0.1, 0.15) is 0 Å². The fourth-order valence-corrected chi connectivity index (χ4v) is 4.03. The minimum absolute atomic E-state index is 0.0733. The van der Waals surface area contributed by atoms with E-state index in [1.54, 1.807) is 24.3 Å². The van der Waals surface area contributed by atoms with Gasteiger partial charge in [-0.15, -0.1) is 0 Å². The number of nitrogens with zero attached hydrogens (tertiary/aromatic N) is 3. The summed E-state index contributed by atoms with van der Waals surface area (Å²) in [7, 11) is 0. The highest BCUT2D eigenvalue weighted by Gasteiger charge is 2.24. The molecule has 0 N–H and O–H groups in total. The molecule has 0 fully saturated rings. The van der Waals surface area contributed by atoms with Crippen LogP contribution >= 0.6 is 15.9 Å². The smallest absolute Gasteiger partial charge is 0.268 e. The van der Waals surface area contributed by atoms with Gasteiger partial charge in [-0.05, 0) is 39.5 Å². The molecule has 0 unspecified atom stereocenters. The third kappa shape index (κ3) is 1.73. The van der Waals surface area contributed by atoms with Crippen molar-refractivity contribution >= 4 is 59.8 Å². The topological polar surface area (TPSA) is 77.5 Å². The van der Waals surface area contributed by atoms with Crippen LogP contribution < -0.4 is 5.56 Å². The summed E-state index contributed by atoms with van der Waals surface area (Å²) in [5.41, 5.74) is 1.28. The lowest BCUT2D eigenvalue weighted by atomic mass is 10.0. The van der Waals surface area contributed by atoms with Gasteiger partial charge in [0.15, 0.2) is 5.65 Å². The highest BCUT2D eigenvalue weighted by Crippen LogP contribution is 2.39. The van der Waals surface area contributed by atoms with E-state index in [-0.39, 0.29) is 11.2 Å². The third-order valence-corrected chi connectivity index (χ3v) is 5.16. The monoisotopic (exact) mass is 393 g/mol. The number of rotatable bonds is 1. The molecule has 7 heteroatoms. The Morgan fingerprint density at radius 2 is 1.80 bits per heavy atom. The Morgan fingerprint density at radius 3 is 2.60 bits per heavy atom. The molecular weight excluding hydrogens is 386 g/mol. The number of non-ortho nitro benzene ring substituents is 1. The molecule has 0 bridgehead atoms. The molecule has 0 aliphatic heterocycles. The Kier molecular flexibility index (Phi) is 2.71. The molecule has 25 heavy (non-hydrogen) atoms. The van der Waals surface area contributed by atoms with Gasteiger partial charge in [0, 0.05) is 21.3 Å². The second-order valence-electron chi connectivity index (χ2n) is 5.80. The first kappa shape index (κ1) is 14.3. The van der Waals surface area contributed by atoms with Crippen molar-refractivity contribution in [3.63, 3.8) is 0 Å². The van der Waals surface area contributed by atoms with E-state index in [0.29, 0.717) is 37.3 Å². The van der Waals surface area contributed by atoms with Crippen LogP contribution in [0, 0.1) is 10.1 Å². The van der Waals surface area contributed by atoms with Crippen LogP contribution in [0.15, 0.2) is 57.8 Å². The molecule has 120 valence electrons. The molecule has 2 heterocycles. The van der Waals surface area contributed by atoms with Gasteiger partial charge in [0.2, 0.25) is 0 Å². The maximum Gasteiger partial charge on any atom is 0.282 e. The summed E-state index contributed by atoms with van der Waals surface area (Å²) in [6, 6.07) is 14.0. The van der Waals surface area contributed by atoms with Crippen molar-refractivity contribution in [2.75, 3.05) is 0 Å². The van der Waals surface area contributed by atoms with Crippen molar-refractivity contribution in [3.05, 3.63) is 73.5 Å². The van der Waals surface area contributed by atoms with Gasteiger partial charge < -0.3 is 0 Å². The third-order valence-electron chi connectivity index (χ3n) is 4.51. The van der Waals surface area contributed by atoms with Crippen LogP contribution in [0.2, 0.25) is 0 Å². The van der Waals surface area contributed by atoms with Crippen LogP contribution in [-0.4, -0.2) is 14.3 Å². The lowest BCUT2D eigenvalue weighted by Gasteiger charge is -2.09. The molecule has 0 saturated heterocycles. The molecule has 2 aromatic heterocycles. The van der Waals surface area contributed by atoms with Crippen LogP contribution in [0.3, 0.4) is 0 Å². The van der Waals surface area contributed by atoms with Crippen LogP contribution in [0.4, 0.5) is 5.69 Å². The second kappa shape index (κ2) is 4.73. The SMILES string of the molecule is O=c1c2cccc3c(Br)cc([N+](=O)[O-])c(c32)c2nc3ccccc3n12. The molecule has 5 aromatic rings.